The fraction of sp³-hybridized carbons (Fsp3) is 0.225. The molecule has 5 aromatic rings. The van der Waals surface area contributed by atoms with E-state index in [1.807, 2.05) is 67.6 Å². The second kappa shape index (κ2) is 12.8. The Bertz CT molecular complexity index is 1700. The van der Waals surface area contributed by atoms with Crippen LogP contribution in [0.15, 0.2) is 133 Å². The molecule has 6 heteroatoms. The number of aryl methyl sites for hydroxylation is 1. The highest BCUT2D eigenvalue weighted by atomic mass is 28.4. The first-order valence-electron chi connectivity index (χ1n) is 15.8. The second-order valence-corrected chi connectivity index (χ2v) is 22.4. The minimum absolute atomic E-state index is 0.155. The van der Waals surface area contributed by atoms with E-state index in [2.05, 4.69) is 114 Å². The molecule has 0 atom stereocenters. The van der Waals surface area contributed by atoms with Crippen LogP contribution in [0.4, 0.5) is 0 Å². The third-order valence-corrected chi connectivity index (χ3v) is 18.7. The lowest BCUT2D eigenvalue weighted by Crippen LogP contribution is -2.69. The van der Waals surface area contributed by atoms with Gasteiger partial charge < -0.3 is 14.0 Å². The molecule has 0 heterocycles. The smallest absolute Gasteiger partial charge is 0.339 e. The van der Waals surface area contributed by atoms with Crippen molar-refractivity contribution in [1.29, 1.82) is 0 Å². The van der Waals surface area contributed by atoms with Gasteiger partial charge in [-0.3, -0.25) is 0 Å². The summed E-state index contributed by atoms with van der Waals surface area (Å²) in [7, 11) is -6.14. The number of carbonyl (C=O) groups is 1. The van der Waals surface area contributed by atoms with Crippen molar-refractivity contribution < 1.29 is 18.8 Å². The van der Waals surface area contributed by atoms with Crippen molar-refractivity contribution in [3.63, 3.8) is 0 Å². The van der Waals surface area contributed by atoms with Crippen LogP contribution < -0.4 is 29.6 Å². The highest BCUT2D eigenvalue weighted by molar-refractivity contribution is 7.00. The number of benzene rings is 5. The van der Waals surface area contributed by atoms with E-state index in [1.165, 1.54) is 0 Å². The molecule has 5 aromatic carbocycles. The summed E-state index contributed by atoms with van der Waals surface area (Å²) < 4.78 is 14.7. The average molecular weight is 645 g/mol. The van der Waals surface area contributed by atoms with E-state index in [-0.39, 0.29) is 15.6 Å². The largest absolute Gasteiger partial charge is 0.534 e. The van der Waals surface area contributed by atoms with Crippen LogP contribution in [0.2, 0.25) is 10.1 Å². The summed E-state index contributed by atoms with van der Waals surface area (Å²) in [5.41, 5.74) is 0.749. The van der Waals surface area contributed by atoms with Crippen LogP contribution in [-0.2, 0) is 0 Å². The molecule has 46 heavy (non-hydrogen) atoms. The van der Waals surface area contributed by atoms with Gasteiger partial charge in [-0.1, -0.05) is 163 Å². The lowest BCUT2D eigenvalue weighted by Gasteiger charge is -2.44. The first-order chi connectivity index (χ1) is 21.8. The molecule has 0 radical (unpaired) electrons. The first kappa shape index (κ1) is 33.0. The monoisotopic (exact) mass is 644 g/mol. The molecule has 0 aliphatic heterocycles. The maximum atomic E-state index is 13.0. The van der Waals surface area contributed by atoms with Crippen LogP contribution in [0, 0.1) is 6.92 Å². The Morgan fingerprint density at radius 1 is 0.543 bits per heavy atom. The SMILES string of the molecule is Cc1cc(O[Si](c2ccccc2)(c2ccccc2)C(C)(C)C)cc(O[Si](c2ccccc2)(c2ccccc2)C(C)(C)C)c1C(=O)O. The van der Waals surface area contributed by atoms with Gasteiger partial charge in [0.15, 0.2) is 0 Å². The van der Waals surface area contributed by atoms with Gasteiger partial charge in [-0.2, -0.15) is 0 Å². The second-order valence-electron chi connectivity index (χ2n) is 13.9. The van der Waals surface area contributed by atoms with Crippen LogP contribution in [0.3, 0.4) is 0 Å². The molecule has 0 unspecified atom stereocenters. The summed E-state index contributed by atoms with van der Waals surface area (Å²) in [6, 6.07) is 45.2. The van der Waals surface area contributed by atoms with E-state index in [9.17, 15) is 9.90 Å². The Kier molecular flexibility index (Phi) is 9.16. The summed E-state index contributed by atoms with van der Waals surface area (Å²) in [4.78, 5) is 13.0. The number of hydrogen-bond acceptors (Lipinski definition) is 3. The molecule has 0 fully saturated rings. The predicted octanol–water partition coefficient (Wildman–Crippen LogP) is 7.57. The third-order valence-electron chi connectivity index (χ3n) is 8.85. The number of aromatic carboxylic acids is 1. The Labute approximate surface area is 276 Å². The molecule has 5 rings (SSSR count). The van der Waals surface area contributed by atoms with Gasteiger partial charge in [0.25, 0.3) is 0 Å². The fourth-order valence-electron chi connectivity index (χ4n) is 6.78. The van der Waals surface area contributed by atoms with E-state index in [0.717, 1.165) is 20.7 Å². The number of carboxylic acid groups (broad SMARTS) is 1. The maximum Gasteiger partial charge on any atom is 0.339 e. The van der Waals surface area contributed by atoms with Crippen molar-refractivity contribution in [2.45, 2.75) is 58.5 Å². The molecule has 0 spiro atoms. The van der Waals surface area contributed by atoms with E-state index in [0.29, 0.717) is 17.1 Å². The molecule has 0 bridgehead atoms. The van der Waals surface area contributed by atoms with Crippen molar-refractivity contribution >= 4 is 43.4 Å². The van der Waals surface area contributed by atoms with Gasteiger partial charge in [0, 0.05) is 6.07 Å². The Morgan fingerprint density at radius 2 is 0.870 bits per heavy atom. The molecule has 1 N–H and O–H groups in total. The average Bonchev–Trinajstić information content (AvgIpc) is 3.02. The van der Waals surface area contributed by atoms with Crippen molar-refractivity contribution in [2.24, 2.45) is 0 Å². The highest BCUT2D eigenvalue weighted by Gasteiger charge is 2.54. The van der Waals surface area contributed by atoms with Crippen molar-refractivity contribution in [3.8, 4) is 11.5 Å². The van der Waals surface area contributed by atoms with Gasteiger partial charge in [-0.05, 0) is 49.4 Å². The zero-order valence-corrected chi connectivity index (χ0v) is 29.9. The standard InChI is InChI=1S/C40H44O4Si2/c1-30-28-31(43-45(39(2,3)4,32-20-12-8-13-21-32)33-22-14-9-15-23-33)29-36(37(30)38(41)42)44-46(40(5,6)7,34-24-16-10-17-25-34)35-26-18-11-19-27-35/h8-29H,1-7H3,(H,41,42). The molecule has 0 saturated heterocycles. The van der Waals surface area contributed by atoms with Crippen LogP contribution in [0.5, 0.6) is 11.5 Å². The summed E-state index contributed by atoms with van der Waals surface area (Å²) in [6.07, 6.45) is 0. The topological polar surface area (TPSA) is 55.8 Å². The van der Waals surface area contributed by atoms with E-state index >= 15 is 0 Å². The van der Waals surface area contributed by atoms with E-state index < -0.39 is 22.6 Å². The van der Waals surface area contributed by atoms with Gasteiger partial charge in [0.2, 0.25) is 0 Å². The van der Waals surface area contributed by atoms with Crippen LogP contribution >= 0.6 is 0 Å². The fourth-order valence-corrected chi connectivity index (χ4v) is 15.6. The Balaban J connectivity index is 1.78. The van der Waals surface area contributed by atoms with Gasteiger partial charge in [0.1, 0.15) is 17.1 Å². The molecule has 0 amide bonds. The highest BCUT2D eigenvalue weighted by Crippen LogP contribution is 2.42. The zero-order chi connectivity index (χ0) is 33.2. The molecule has 0 saturated carbocycles. The minimum atomic E-state index is -3.14. The van der Waals surface area contributed by atoms with Crippen LogP contribution in [0.1, 0.15) is 57.5 Å². The lowest BCUT2D eigenvalue weighted by molar-refractivity contribution is 0.0694. The maximum absolute atomic E-state index is 13.0. The van der Waals surface area contributed by atoms with Gasteiger partial charge in [0.05, 0.1) is 0 Å². The van der Waals surface area contributed by atoms with Crippen molar-refractivity contribution in [3.05, 3.63) is 145 Å². The number of carboxylic acids is 1. The number of hydrogen-bond donors (Lipinski definition) is 1. The molecular weight excluding hydrogens is 601 g/mol. The number of rotatable bonds is 9. The minimum Gasteiger partial charge on any atom is -0.534 e. The van der Waals surface area contributed by atoms with Gasteiger partial charge in [-0.25, -0.2) is 4.79 Å². The quantitative estimate of drug-likeness (QED) is 0.168. The Morgan fingerprint density at radius 3 is 1.17 bits per heavy atom. The molecule has 236 valence electrons. The predicted molar refractivity (Wildman–Crippen MR) is 195 cm³/mol. The Hall–Kier alpha value is -4.40. The summed E-state index contributed by atoms with van der Waals surface area (Å²) in [5.74, 6) is -0.0955. The molecule has 0 aliphatic rings. The molecular formula is C40H44O4Si2. The van der Waals surface area contributed by atoms with Gasteiger partial charge >= 0.3 is 22.6 Å². The molecule has 0 aliphatic carbocycles. The first-order valence-corrected chi connectivity index (χ1v) is 19.6. The normalized spacial score (nSPS) is 12.4. The van der Waals surface area contributed by atoms with Crippen molar-refractivity contribution in [2.75, 3.05) is 0 Å². The summed E-state index contributed by atoms with van der Waals surface area (Å²) in [5, 5.41) is 14.4. The van der Waals surface area contributed by atoms with E-state index in [1.54, 1.807) is 0 Å². The van der Waals surface area contributed by atoms with Crippen LogP contribution in [-0.4, -0.2) is 27.7 Å². The van der Waals surface area contributed by atoms with Crippen molar-refractivity contribution in [1.82, 2.24) is 0 Å². The van der Waals surface area contributed by atoms with Crippen LogP contribution in [0.25, 0.3) is 0 Å². The summed E-state index contributed by atoms with van der Waals surface area (Å²) >= 11 is 0. The molecule has 4 nitrogen and oxygen atoms in total. The summed E-state index contributed by atoms with van der Waals surface area (Å²) in [6.45, 7) is 15.1. The lowest BCUT2D eigenvalue weighted by atomic mass is 10.1. The van der Waals surface area contributed by atoms with E-state index in [4.69, 9.17) is 8.85 Å². The zero-order valence-electron chi connectivity index (χ0n) is 27.9. The van der Waals surface area contributed by atoms with Gasteiger partial charge in [-0.15, -0.1) is 0 Å². The molecule has 0 aromatic heterocycles. The third kappa shape index (κ3) is 5.95.